The molecule has 0 aromatic carbocycles. The SMILES string of the molecule is CCC1(CC)NC(=O)C(C)N(CC2CC2)C1=O. The zero-order chi connectivity index (χ0) is 12.6. The lowest BCUT2D eigenvalue weighted by Crippen LogP contribution is -2.69. The van der Waals surface area contributed by atoms with Crippen molar-refractivity contribution in [1.29, 1.82) is 0 Å². The van der Waals surface area contributed by atoms with Crippen molar-refractivity contribution in [2.45, 2.75) is 58.0 Å². The highest BCUT2D eigenvalue weighted by Crippen LogP contribution is 2.33. The molecule has 0 aromatic heterocycles. The van der Waals surface area contributed by atoms with E-state index in [0.29, 0.717) is 18.8 Å². The van der Waals surface area contributed by atoms with Crippen LogP contribution in [0, 0.1) is 5.92 Å². The molecular weight excluding hydrogens is 216 g/mol. The maximum atomic E-state index is 12.5. The second kappa shape index (κ2) is 4.31. The highest BCUT2D eigenvalue weighted by Gasteiger charge is 2.48. The van der Waals surface area contributed by atoms with Gasteiger partial charge < -0.3 is 10.2 Å². The van der Waals surface area contributed by atoms with Crippen LogP contribution in [-0.4, -0.2) is 34.8 Å². The fraction of sp³-hybridized carbons (Fsp3) is 0.846. The fourth-order valence-electron chi connectivity index (χ4n) is 2.53. The Morgan fingerprint density at radius 1 is 1.29 bits per heavy atom. The standard InChI is InChI=1S/C13H22N2O2/c1-4-13(5-2)12(17)15(8-10-6-7-10)9(3)11(16)14-13/h9-10H,4-8H2,1-3H3,(H,14,16). The Labute approximate surface area is 103 Å². The van der Waals surface area contributed by atoms with E-state index < -0.39 is 5.54 Å². The maximum Gasteiger partial charge on any atom is 0.248 e. The first-order valence-electron chi connectivity index (χ1n) is 6.67. The van der Waals surface area contributed by atoms with Crippen molar-refractivity contribution in [1.82, 2.24) is 10.2 Å². The van der Waals surface area contributed by atoms with Crippen molar-refractivity contribution in [3.05, 3.63) is 0 Å². The summed E-state index contributed by atoms with van der Waals surface area (Å²) >= 11 is 0. The molecule has 96 valence electrons. The number of nitrogens with one attached hydrogen (secondary N) is 1. The summed E-state index contributed by atoms with van der Waals surface area (Å²) in [6, 6.07) is -0.311. The van der Waals surface area contributed by atoms with Crippen molar-refractivity contribution < 1.29 is 9.59 Å². The molecule has 2 fully saturated rings. The molecule has 0 spiro atoms. The van der Waals surface area contributed by atoms with Gasteiger partial charge in [-0.3, -0.25) is 9.59 Å². The van der Waals surface area contributed by atoms with Gasteiger partial charge in [0.1, 0.15) is 11.6 Å². The molecule has 2 aliphatic rings. The monoisotopic (exact) mass is 238 g/mol. The Morgan fingerprint density at radius 2 is 1.88 bits per heavy atom. The minimum Gasteiger partial charge on any atom is -0.340 e. The van der Waals surface area contributed by atoms with Gasteiger partial charge in [0.2, 0.25) is 11.8 Å². The van der Waals surface area contributed by atoms with E-state index in [0.717, 1.165) is 6.54 Å². The van der Waals surface area contributed by atoms with Crippen LogP contribution in [0.1, 0.15) is 46.5 Å². The Bertz CT molecular complexity index is 332. The van der Waals surface area contributed by atoms with E-state index in [2.05, 4.69) is 5.32 Å². The lowest BCUT2D eigenvalue weighted by Gasteiger charge is -2.44. The normalized spacial score (nSPS) is 28.2. The van der Waals surface area contributed by atoms with Gasteiger partial charge in [0.05, 0.1) is 0 Å². The predicted molar refractivity (Wildman–Crippen MR) is 65.4 cm³/mol. The summed E-state index contributed by atoms with van der Waals surface area (Å²) in [5.74, 6) is 0.731. The van der Waals surface area contributed by atoms with Gasteiger partial charge in [0.25, 0.3) is 0 Å². The molecule has 1 aliphatic heterocycles. The third-order valence-electron chi connectivity index (χ3n) is 4.24. The highest BCUT2D eigenvalue weighted by molar-refractivity contribution is 5.99. The smallest absolute Gasteiger partial charge is 0.248 e. The van der Waals surface area contributed by atoms with Gasteiger partial charge >= 0.3 is 0 Å². The first-order chi connectivity index (χ1) is 8.04. The fourth-order valence-corrected chi connectivity index (χ4v) is 2.53. The van der Waals surface area contributed by atoms with Gasteiger partial charge in [0, 0.05) is 6.54 Å². The quantitative estimate of drug-likeness (QED) is 0.802. The molecule has 1 atom stereocenters. The van der Waals surface area contributed by atoms with E-state index in [1.807, 2.05) is 20.8 Å². The van der Waals surface area contributed by atoms with E-state index in [9.17, 15) is 9.59 Å². The molecule has 2 rings (SSSR count). The summed E-state index contributed by atoms with van der Waals surface area (Å²) in [6.07, 6.45) is 3.73. The molecule has 1 N–H and O–H groups in total. The van der Waals surface area contributed by atoms with Crippen LogP contribution < -0.4 is 5.32 Å². The molecule has 4 heteroatoms. The first-order valence-corrected chi connectivity index (χ1v) is 6.67. The molecular formula is C13H22N2O2. The van der Waals surface area contributed by atoms with Gasteiger partial charge in [0.15, 0.2) is 0 Å². The Kier molecular flexibility index (Phi) is 3.15. The predicted octanol–water partition coefficient (Wildman–Crippen LogP) is 1.30. The topological polar surface area (TPSA) is 49.4 Å². The van der Waals surface area contributed by atoms with Crippen molar-refractivity contribution >= 4 is 11.8 Å². The van der Waals surface area contributed by atoms with Crippen LogP contribution in [0.2, 0.25) is 0 Å². The van der Waals surface area contributed by atoms with Crippen LogP contribution in [0.3, 0.4) is 0 Å². The molecule has 1 heterocycles. The average molecular weight is 238 g/mol. The van der Waals surface area contributed by atoms with Crippen LogP contribution in [0.25, 0.3) is 0 Å². The van der Waals surface area contributed by atoms with Crippen molar-refractivity contribution in [3.8, 4) is 0 Å². The van der Waals surface area contributed by atoms with Crippen molar-refractivity contribution in [2.75, 3.05) is 6.54 Å². The molecule has 0 aromatic rings. The maximum absolute atomic E-state index is 12.5. The lowest BCUT2D eigenvalue weighted by atomic mass is 9.87. The first kappa shape index (κ1) is 12.4. The number of carbonyl (C=O) groups excluding carboxylic acids is 2. The number of piperazine rings is 1. The summed E-state index contributed by atoms with van der Waals surface area (Å²) in [5.41, 5.74) is -0.654. The Balaban J connectivity index is 2.22. The van der Waals surface area contributed by atoms with Crippen molar-refractivity contribution in [2.24, 2.45) is 5.92 Å². The summed E-state index contributed by atoms with van der Waals surface area (Å²) in [6.45, 7) is 6.51. The molecule has 1 saturated heterocycles. The number of hydrogen-bond acceptors (Lipinski definition) is 2. The second-order valence-electron chi connectivity index (χ2n) is 5.36. The number of carbonyl (C=O) groups is 2. The van der Waals surface area contributed by atoms with Gasteiger partial charge in [-0.25, -0.2) is 0 Å². The summed E-state index contributed by atoms with van der Waals surface area (Å²) in [7, 11) is 0. The molecule has 0 bridgehead atoms. The zero-order valence-electron chi connectivity index (χ0n) is 11.0. The molecule has 1 aliphatic carbocycles. The number of hydrogen-bond donors (Lipinski definition) is 1. The van der Waals surface area contributed by atoms with E-state index in [4.69, 9.17) is 0 Å². The van der Waals surface area contributed by atoms with Gasteiger partial charge in [-0.05, 0) is 38.5 Å². The van der Waals surface area contributed by atoms with E-state index in [1.165, 1.54) is 12.8 Å². The van der Waals surface area contributed by atoms with Crippen LogP contribution in [0.4, 0.5) is 0 Å². The van der Waals surface area contributed by atoms with Crippen LogP contribution in [-0.2, 0) is 9.59 Å². The largest absolute Gasteiger partial charge is 0.340 e. The van der Waals surface area contributed by atoms with Gasteiger partial charge in [-0.1, -0.05) is 13.8 Å². The molecule has 2 amide bonds. The van der Waals surface area contributed by atoms with E-state index >= 15 is 0 Å². The molecule has 0 radical (unpaired) electrons. The van der Waals surface area contributed by atoms with Crippen LogP contribution in [0.15, 0.2) is 0 Å². The molecule has 17 heavy (non-hydrogen) atoms. The van der Waals surface area contributed by atoms with Crippen molar-refractivity contribution in [3.63, 3.8) is 0 Å². The Hall–Kier alpha value is -1.06. The van der Waals surface area contributed by atoms with E-state index in [1.54, 1.807) is 4.90 Å². The van der Waals surface area contributed by atoms with Crippen LogP contribution in [0.5, 0.6) is 0 Å². The number of rotatable bonds is 4. The molecule has 4 nitrogen and oxygen atoms in total. The van der Waals surface area contributed by atoms with Crippen LogP contribution >= 0.6 is 0 Å². The third kappa shape index (κ3) is 2.05. The average Bonchev–Trinajstić information content (AvgIpc) is 3.13. The molecule has 1 unspecified atom stereocenters. The lowest BCUT2D eigenvalue weighted by molar-refractivity contribution is -0.155. The number of nitrogens with zero attached hydrogens (tertiary/aromatic N) is 1. The number of amides is 2. The third-order valence-corrected chi connectivity index (χ3v) is 4.24. The zero-order valence-corrected chi connectivity index (χ0v) is 11.0. The minimum absolute atomic E-state index is 0.00560. The highest BCUT2D eigenvalue weighted by atomic mass is 16.2. The minimum atomic E-state index is -0.654. The summed E-state index contributed by atoms with van der Waals surface area (Å²) in [4.78, 5) is 26.3. The van der Waals surface area contributed by atoms with E-state index in [-0.39, 0.29) is 17.9 Å². The second-order valence-corrected chi connectivity index (χ2v) is 5.36. The Morgan fingerprint density at radius 3 is 2.35 bits per heavy atom. The van der Waals surface area contributed by atoms with Gasteiger partial charge in [-0.15, -0.1) is 0 Å². The molecule has 1 saturated carbocycles. The van der Waals surface area contributed by atoms with Gasteiger partial charge in [-0.2, -0.15) is 0 Å². The summed E-state index contributed by atoms with van der Waals surface area (Å²) < 4.78 is 0. The summed E-state index contributed by atoms with van der Waals surface area (Å²) in [5, 5.41) is 2.92.